The highest BCUT2D eigenvalue weighted by atomic mass is 16.5. The summed E-state index contributed by atoms with van der Waals surface area (Å²) in [5, 5.41) is 3.92. The van der Waals surface area contributed by atoms with Crippen molar-refractivity contribution >= 4 is 22.4 Å². The molecular formula is C21H22N2O3. The fourth-order valence-electron chi connectivity index (χ4n) is 3.01. The molecule has 3 rings (SSSR count). The molecule has 0 saturated heterocycles. The molecule has 134 valence electrons. The predicted molar refractivity (Wildman–Crippen MR) is 102 cm³/mol. The number of rotatable bonds is 5. The van der Waals surface area contributed by atoms with Crippen LogP contribution in [0.5, 0.6) is 5.75 Å². The van der Waals surface area contributed by atoms with E-state index in [1.807, 2.05) is 39.0 Å². The number of pyridine rings is 1. The SMILES string of the molecule is COc1c(/C(C)=C/C(=O)NCc2ccncc2)cc2c(C)coc2c1C. The third kappa shape index (κ3) is 3.47. The Balaban J connectivity index is 1.88. The van der Waals surface area contributed by atoms with Crippen molar-refractivity contribution in [2.75, 3.05) is 7.11 Å². The molecule has 2 aromatic heterocycles. The van der Waals surface area contributed by atoms with Crippen LogP contribution in [0.3, 0.4) is 0 Å². The lowest BCUT2D eigenvalue weighted by Gasteiger charge is -2.13. The number of carbonyl (C=O) groups is 1. The molecule has 2 heterocycles. The van der Waals surface area contributed by atoms with Crippen molar-refractivity contribution < 1.29 is 13.9 Å². The molecule has 0 unspecified atom stereocenters. The molecule has 0 aliphatic carbocycles. The Hall–Kier alpha value is -3.08. The molecule has 5 heteroatoms. The van der Waals surface area contributed by atoms with Gasteiger partial charge in [0.05, 0.1) is 13.4 Å². The van der Waals surface area contributed by atoms with Crippen molar-refractivity contribution in [3.8, 4) is 5.75 Å². The van der Waals surface area contributed by atoms with E-state index in [1.54, 1.807) is 31.8 Å². The summed E-state index contributed by atoms with van der Waals surface area (Å²) >= 11 is 0. The Labute approximate surface area is 152 Å². The number of hydrogen-bond acceptors (Lipinski definition) is 4. The van der Waals surface area contributed by atoms with E-state index in [0.29, 0.717) is 6.54 Å². The first kappa shape index (κ1) is 17.7. The molecule has 1 amide bonds. The summed E-state index contributed by atoms with van der Waals surface area (Å²) < 4.78 is 11.2. The molecule has 5 nitrogen and oxygen atoms in total. The fourth-order valence-corrected chi connectivity index (χ4v) is 3.01. The Morgan fingerprint density at radius 1 is 1.31 bits per heavy atom. The first-order valence-corrected chi connectivity index (χ1v) is 8.42. The van der Waals surface area contributed by atoms with Crippen LogP contribution in [0.4, 0.5) is 0 Å². The maximum atomic E-state index is 12.3. The van der Waals surface area contributed by atoms with E-state index in [2.05, 4.69) is 10.3 Å². The summed E-state index contributed by atoms with van der Waals surface area (Å²) in [6, 6.07) is 5.76. The van der Waals surface area contributed by atoms with E-state index >= 15 is 0 Å². The maximum absolute atomic E-state index is 12.3. The molecule has 0 spiro atoms. The van der Waals surface area contributed by atoms with Crippen molar-refractivity contribution in [2.24, 2.45) is 0 Å². The molecule has 0 fully saturated rings. The molecule has 1 N–H and O–H groups in total. The second-order valence-electron chi connectivity index (χ2n) is 6.28. The minimum Gasteiger partial charge on any atom is -0.496 e. The fraction of sp³-hybridized carbons (Fsp3) is 0.238. The van der Waals surface area contributed by atoms with Gasteiger partial charge in [0.25, 0.3) is 0 Å². The van der Waals surface area contributed by atoms with Crippen molar-refractivity contribution in [3.05, 3.63) is 65.2 Å². The summed E-state index contributed by atoms with van der Waals surface area (Å²) in [6.45, 7) is 6.33. The van der Waals surface area contributed by atoms with Crippen LogP contribution in [-0.4, -0.2) is 18.0 Å². The number of fused-ring (bicyclic) bond motifs is 1. The molecular weight excluding hydrogens is 328 g/mol. The number of amides is 1. The van der Waals surface area contributed by atoms with E-state index in [0.717, 1.165) is 44.5 Å². The Bertz CT molecular complexity index is 972. The maximum Gasteiger partial charge on any atom is 0.244 e. The molecule has 0 atom stereocenters. The van der Waals surface area contributed by atoms with Crippen LogP contribution in [0.2, 0.25) is 0 Å². The first-order chi connectivity index (χ1) is 12.5. The lowest BCUT2D eigenvalue weighted by Crippen LogP contribution is -2.20. The average Bonchev–Trinajstić information content (AvgIpc) is 3.02. The van der Waals surface area contributed by atoms with Gasteiger partial charge >= 0.3 is 0 Å². The summed E-state index contributed by atoms with van der Waals surface area (Å²) in [5.74, 6) is 0.575. The highest BCUT2D eigenvalue weighted by Gasteiger charge is 2.16. The number of furan rings is 1. The zero-order valence-corrected chi connectivity index (χ0v) is 15.4. The van der Waals surface area contributed by atoms with Gasteiger partial charge in [-0.05, 0) is 55.7 Å². The van der Waals surface area contributed by atoms with Gasteiger partial charge < -0.3 is 14.5 Å². The van der Waals surface area contributed by atoms with Gasteiger partial charge in [-0.1, -0.05) is 0 Å². The van der Waals surface area contributed by atoms with Crippen molar-refractivity contribution in [1.29, 1.82) is 0 Å². The standard InChI is InChI=1S/C21H22N2O3/c1-13(9-19(24)23-11-16-5-7-22-8-6-16)17-10-18-14(2)12-26-21(18)15(3)20(17)25-4/h5-10,12H,11H2,1-4H3,(H,23,24)/b13-9+. The van der Waals surface area contributed by atoms with Crippen LogP contribution in [-0.2, 0) is 11.3 Å². The van der Waals surface area contributed by atoms with Gasteiger partial charge in [0.2, 0.25) is 5.91 Å². The second-order valence-corrected chi connectivity index (χ2v) is 6.28. The number of nitrogens with zero attached hydrogens (tertiary/aromatic N) is 1. The van der Waals surface area contributed by atoms with Crippen molar-refractivity contribution in [3.63, 3.8) is 0 Å². The number of methoxy groups -OCH3 is 1. The second kappa shape index (κ2) is 7.44. The molecule has 0 saturated carbocycles. The largest absolute Gasteiger partial charge is 0.496 e. The van der Waals surface area contributed by atoms with Crippen LogP contribution >= 0.6 is 0 Å². The normalized spacial score (nSPS) is 11.6. The van der Waals surface area contributed by atoms with Gasteiger partial charge in [0.15, 0.2) is 0 Å². The quantitative estimate of drug-likeness (QED) is 0.701. The summed E-state index contributed by atoms with van der Waals surface area (Å²) in [4.78, 5) is 16.3. The molecule has 0 aliphatic rings. The predicted octanol–water partition coefficient (Wildman–Crippen LogP) is 4.17. The topological polar surface area (TPSA) is 64.4 Å². The number of hydrogen-bond donors (Lipinski definition) is 1. The smallest absolute Gasteiger partial charge is 0.244 e. The highest BCUT2D eigenvalue weighted by Crippen LogP contribution is 2.37. The summed E-state index contributed by atoms with van der Waals surface area (Å²) in [5.41, 5.74) is 5.53. The zero-order chi connectivity index (χ0) is 18.7. The average molecular weight is 350 g/mol. The lowest BCUT2D eigenvalue weighted by molar-refractivity contribution is -0.116. The Kier molecular flexibility index (Phi) is 5.07. The molecule has 0 aliphatic heterocycles. The molecule has 0 bridgehead atoms. The third-order valence-corrected chi connectivity index (χ3v) is 4.43. The Morgan fingerprint density at radius 2 is 2.04 bits per heavy atom. The van der Waals surface area contributed by atoms with E-state index < -0.39 is 0 Å². The summed E-state index contributed by atoms with van der Waals surface area (Å²) in [7, 11) is 1.63. The number of nitrogens with one attached hydrogen (secondary N) is 1. The van der Waals surface area contributed by atoms with Gasteiger partial charge in [-0.3, -0.25) is 9.78 Å². The van der Waals surface area contributed by atoms with Crippen LogP contribution in [0.1, 0.15) is 29.2 Å². The number of carbonyl (C=O) groups excluding carboxylic acids is 1. The van der Waals surface area contributed by atoms with Gasteiger partial charge in [-0.15, -0.1) is 0 Å². The molecule has 0 radical (unpaired) electrons. The number of aryl methyl sites for hydroxylation is 2. The molecule has 3 aromatic rings. The minimum absolute atomic E-state index is 0.150. The highest BCUT2D eigenvalue weighted by molar-refractivity contribution is 5.98. The number of allylic oxidation sites excluding steroid dienone is 1. The van der Waals surface area contributed by atoms with E-state index in [-0.39, 0.29) is 5.91 Å². The van der Waals surface area contributed by atoms with E-state index in [9.17, 15) is 4.79 Å². The number of benzene rings is 1. The van der Waals surface area contributed by atoms with Gasteiger partial charge in [0, 0.05) is 41.5 Å². The van der Waals surface area contributed by atoms with Gasteiger partial charge in [-0.2, -0.15) is 0 Å². The van der Waals surface area contributed by atoms with Crippen molar-refractivity contribution in [1.82, 2.24) is 10.3 Å². The zero-order valence-electron chi connectivity index (χ0n) is 15.4. The number of aromatic nitrogens is 1. The first-order valence-electron chi connectivity index (χ1n) is 8.42. The van der Waals surface area contributed by atoms with Crippen LogP contribution < -0.4 is 10.1 Å². The van der Waals surface area contributed by atoms with Crippen LogP contribution in [0.15, 0.2) is 47.3 Å². The third-order valence-electron chi connectivity index (χ3n) is 4.43. The Morgan fingerprint density at radius 3 is 2.73 bits per heavy atom. The van der Waals surface area contributed by atoms with E-state index in [4.69, 9.17) is 9.15 Å². The van der Waals surface area contributed by atoms with Crippen LogP contribution in [0, 0.1) is 13.8 Å². The summed E-state index contributed by atoms with van der Waals surface area (Å²) in [6.07, 6.45) is 6.75. The van der Waals surface area contributed by atoms with Crippen LogP contribution in [0.25, 0.3) is 16.5 Å². The molecule has 26 heavy (non-hydrogen) atoms. The number of ether oxygens (including phenoxy) is 1. The van der Waals surface area contributed by atoms with E-state index in [1.165, 1.54) is 0 Å². The van der Waals surface area contributed by atoms with Gasteiger partial charge in [0.1, 0.15) is 11.3 Å². The monoisotopic (exact) mass is 350 g/mol. The lowest BCUT2D eigenvalue weighted by atomic mass is 9.98. The van der Waals surface area contributed by atoms with Crippen molar-refractivity contribution in [2.45, 2.75) is 27.3 Å². The molecule has 1 aromatic carbocycles. The minimum atomic E-state index is -0.150. The van der Waals surface area contributed by atoms with Gasteiger partial charge in [-0.25, -0.2) is 0 Å².